The largest absolute Gasteiger partial charge is 0.398 e. The smallest absolute Gasteiger partial charge is 0.254 e. The highest BCUT2D eigenvalue weighted by Gasteiger charge is 2.37. The molecule has 0 spiro atoms. The maximum absolute atomic E-state index is 12.7. The number of benzene rings is 1. The summed E-state index contributed by atoms with van der Waals surface area (Å²) >= 11 is 0. The van der Waals surface area contributed by atoms with Crippen LogP contribution in [0.15, 0.2) is 18.2 Å². The molecule has 1 heterocycles. The van der Waals surface area contributed by atoms with Crippen LogP contribution in [0.25, 0.3) is 0 Å². The van der Waals surface area contributed by atoms with Crippen molar-refractivity contribution in [3.63, 3.8) is 0 Å². The number of carbonyl (C=O) groups excluding carboxylic acids is 2. The first kappa shape index (κ1) is 13.9. The SMILES string of the molecule is Cc1c(N)cccc1C(=O)N1CCCC1C(=O)NC1CC1. The summed E-state index contributed by atoms with van der Waals surface area (Å²) in [5.74, 6) is -0.0989. The number of nitrogens with zero attached hydrogens (tertiary/aromatic N) is 1. The van der Waals surface area contributed by atoms with Crippen molar-refractivity contribution in [1.82, 2.24) is 10.2 Å². The molecule has 2 aliphatic rings. The standard InChI is InChI=1S/C16H21N3O2/c1-10-12(4-2-5-13(10)17)16(21)19-9-3-6-14(19)15(20)18-11-7-8-11/h2,4-5,11,14H,3,6-9,17H2,1H3,(H,18,20). The Morgan fingerprint density at radius 3 is 2.76 bits per heavy atom. The zero-order valence-electron chi connectivity index (χ0n) is 12.3. The molecule has 5 nitrogen and oxygen atoms in total. The fraction of sp³-hybridized carbons (Fsp3) is 0.500. The number of hydrogen-bond acceptors (Lipinski definition) is 3. The predicted octanol–water partition coefficient (Wildman–Crippen LogP) is 1.46. The Labute approximate surface area is 124 Å². The molecule has 1 atom stereocenters. The summed E-state index contributed by atoms with van der Waals surface area (Å²) in [5, 5.41) is 3.00. The van der Waals surface area contributed by atoms with E-state index >= 15 is 0 Å². The van der Waals surface area contributed by atoms with Crippen molar-refractivity contribution in [2.75, 3.05) is 12.3 Å². The molecule has 1 aromatic rings. The average molecular weight is 287 g/mol. The van der Waals surface area contributed by atoms with Gasteiger partial charge in [0.1, 0.15) is 6.04 Å². The molecule has 3 N–H and O–H groups in total. The van der Waals surface area contributed by atoms with E-state index in [0.717, 1.165) is 31.2 Å². The normalized spacial score (nSPS) is 21.4. The minimum Gasteiger partial charge on any atom is -0.398 e. The third-order valence-electron chi connectivity index (χ3n) is 4.35. The van der Waals surface area contributed by atoms with Crippen LogP contribution < -0.4 is 11.1 Å². The molecule has 1 aromatic carbocycles. The maximum Gasteiger partial charge on any atom is 0.254 e. The van der Waals surface area contributed by atoms with Gasteiger partial charge < -0.3 is 16.0 Å². The van der Waals surface area contributed by atoms with Gasteiger partial charge in [-0.15, -0.1) is 0 Å². The molecule has 112 valence electrons. The number of anilines is 1. The van der Waals surface area contributed by atoms with E-state index in [9.17, 15) is 9.59 Å². The van der Waals surface area contributed by atoms with Crippen molar-refractivity contribution >= 4 is 17.5 Å². The monoisotopic (exact) mass is 287 g/mol. The third kappa shape index (κ3) is 2.73. The van der Waals surface area contributed by atoms with Crippen molar-refractivity contribution < 1.29 is 9.59 Å². The summed E-state index contributed by atoms with van der Waals surface area (Å²) in [6.45, 7) is 2.48. The third-order valence-corrected chi connectivity index (χ3v) is 4.35. The topological polar surface area (TPSA) is 75.4 Å². The number of nitrogens with one attached hydrogen (secondary N) is 1. The van der Waals surface area contributed by atoms with Gasteiger partial charge in [0.2, 0.25) is 5.91 Å². The highest BCUT2D eigenvalue weighted by atomic mass is 16.2. The first-order valence-electron chi connectivity index (χ1n) is 7.54. The van der Waals surface area contributed by atoms with Crippen molar-refractivity contribution in [3.8, 4) is 0 Å². The van der Waals surface area contributed by atoms with E-state index in [4.69, 9.17) is 5.73 Å². The number of likely N-dealkylation sites (tertiary alicyclic amines) is 1. The van der Waals surface area contributed by atoms with Gasteiger partial charge in [0.15, 0.2) is 0 Å². The summed E-state index contributed by atoms with van der Waals surface area (Å²) in [4.78, 5) is 26.7. The number of nitrogens with two attached hydrogens (primary N) is 1. The molecule has 0 radical (unpaired) electrons. The first-order valence-corrected chi connectivity index (χ1v) is 7.54. The van der Waals surface area contributed by atoms with E-state index in [1.165, 1.54) is 0 Å². The van der Waals surface area contributed by atoms with Crippen molar-refractivity contribution in [2.45, 2.75) is 44.7 Å². The molecular weight excluding hydrogens is 266 g/mol. The van der Waals surface area contributed by atoms with E-state index < -0.39 is 0 Å². The Bertz CT molecular complexity index is 581. The highest BCUT2D eigenvalue weighted by molar-refractivity contribution is 6.00. The Hall–Kier alpha value is -2.04. The molecule has 1 unspecified atom stereocenters. The van der Waals surface area contributed by atoms with Crippen molar-refractivity contribution in [2.24, 2.45) is 0 Å². The summed E-state index contributed by atoms with van der Waals surface area (Å²) in [7, 11) is 0. The average Bonchev–Trinajstić information content (AvgIpc) is 3.14. The molecule has 3 rings (SSSR count). The minimum atomic E-state index is -0.334. The molecule has 2 amide bonds. The molecule has 0 aromatic heterocycles. The molecule has 1 aliphatic carbocycles. The van der Waals surface area contributed by atoms with Crippen LogP contribution in [0.2, 0.25) is 0 Å². The Balaban J connectivity index is 1.79. The predicted molar refractivity (Wildman–Crippen MR) is 80.8 cm³/mol. The van der Waals surface area contributed by atoms with Crippen molar-refractivity contribution in [1.29, 1.82) is 0 Å². The highest BCUT2D eigenvalue weighted by Crippen LogP contribution is 2.25. The fourth-order valence-corrected chi connectivity index (χ4v) is 2.85. The zero-order valence-corrected chi connectivity index (χ0v) is 12.3. The number of nitrogen functional groups attached to an aromatic ring is 1. The summed E-state index contributed by atoms with van der Waals surface area (Å²) in [6.07, 6.45) is 3.73. The first-order chi connectivity index (χ1) is 10.1. The van der Waals surface area contributed by atoms with Gasteiger partial charge in [0, 0.05) is 23.8 Å². The number of rotatable bonds is 3. The molecular formula is C16H21N3O2. The maximum atomic E-state index is 12.7. The second-order valence-electron chi connectivity index (χ2n) is 5.96. The molecule has 2 fully saturated rings. The Morgan fingerprint density at radius 1 is 1.29 bits per heavy atom. The number of carbonyl (C=O) groups is 2. The Kier molecular flexibility index (Phi) is 3.57. The summed E-state index contributed by atoms with van der Waals surface area (Å²) < 4.78 is 0. The van der Waals surface area contributed by atoms with E-state index in [1.807, 2.05) is 6.92 Å². The quantitative estimate of drug-likeness (QED) is 0.826. The van der Waals surface area contributed by atoms with E-state index in [0.29, 0.717) is 23.8 Å². The fourth-order valence-electron chi connectivity index (χ4n) is 2.85. The van der Waals surface area contributed by atoms with Gasteiger partial charge in [-0.3, -0.25) is 9.59 Å². The van der Waals surface area contributed by atoms with E-state index in [2.05, 4.69) is 5.32 Å². The lowest BCUT2D eigenvalue weighted by molar-refractivity contribution is -0.125. The lowest BCUT2D eigenvalue weighted by atomic mass is 10.1. The van der Waals surface area contributed by atoms with Crippen LogP contribution in [0.5, 0.6) is 0 Å². The zero-order chi connectivity index (χ0) is 15.0. The van der Waals surface area contributed by atoms with Crippen LogP contribution in [0, 0.1) is 6.92 Å². The van der Waals surface area contributed by atoms with Gasteiger partial charge in [0.05, 0.1) is 0 Å². The number of amides is 2. The second-order valence-corrected chi connectivity index (χ2v) is 5.96. The summed E-state index contributed by atoms with van der Waals surface area (Å²) in [5.41, 5.74) is 7.87. The lowest BCUT2D eigenvalue weighted by Gasteiger charge is -2.25. The van der Waals surface area contributed by atoms with Crippen LogP contribution >= 0.6 is 0 Å². The minimum absolute atomic E-state index is 0.00935. The van der Waals surface area contributed by atoms with Crippen LogP contribution in [-0.4, -0.2) is 35.3 Å². The Morgan fingerprint density at radius 2 is 2.05 bits per heavy atom. The van der Waals surface area contributed by atoms with Crippen LogP contribution in [0.1, 0.15) is 41.6 Å². The second kappa shape index (κ2) is 5.39. The van der Waals surface area contributed by atoms with Gasteiger partial charge >= 0.3 is 0 Å². The van der Waals surface area contributed by atoms with Gasteiger partial charge in [-0.05, 0) is 50.3 Å². The molecule has 1 saturated carbocycles. The summed E-state index contributed by atoms with van der Waals surface area (Å²) in [6, 6.07) is 5.34. The van der Waals surface area contributed by atoms with E-state index in [1.54, 1.807) is 23.1 Å². The van der Waals surface area contributed by atoms with Crippen molar-refractivity contribution in [3.05, 3.63) is 29.3 Å². The van der Waals surface area contributed by atoms with Gasteiger partial charge in [0.25, 0.3) is 5.91 Å². The van der Waals surface area contributed by atoms with Gasteiger partial charge in [-0.25, -0.2) is 0 Å². The molecule has 0 bridgehead atoms. The number of hydrogen-bond donors (Lipinski definition) is 2. The van der Waals surface area contributed by atoms with Gasteiger partial charge in [-0.1, -0.05) is 6.07 Å². The van der Waals surface area contributed by atoms with Crippen LogP contribution in [0.4, 0.5) is 5.69 Å². The molecule has 21 heavy (non-hydrogen) atoms. The molecule has 5 heteroatoms. The molecule has 1 aliphatic heterocycles. The van der Waals surface area contributed by atoms with Crippen LogP contribution in [0.3, 0.4) is 0 Å². The molecule has 1 saturated heterocycles. The van der Waals surface area contributed by atoms with Gasteiger partial charge in [-0.2, -0.15) is 0 Å². The lowest BCUT2D eigenvalue weighted by Crippen LogP contribution is -2.46. The van der Waals surface area contributed by atoms with E-state index in [-0.39, 0.29) is 17.9 Å². The van der Waals surface area contributed by atoms with Crippen LogP contribution in [-0.2, 0) is 4.79 Å².